The summed E-state index contributed by atoms with van der Waals surface area (Å²) < 4.78 is 106. The maximum Gasteiger partial charge on any atom is 0.348 e. The van der Waals surface area contributed by atoms with E-state index in [9.17, 15) is 47.9 Å². The van der Waals surface area contributed by atoms with E-state index in [1.165, 1.54) is 149 Å². The number of benzene rings is 7. The molecular weight excluding hydrogens is 1980 g/mol. The Morgan fingerprint density at radius 2 is 0.447 bits per heavy atom. The molecular formula is C112H120N2O34S2. The van der Waals surface area contributed by atoms with Gasteiger partial charge in [-0.2, -0.15) is 0 Å². The lowest BCUT2D eigenvalue weighted by molar-refractivity contribution is -0.158. The molecule has 0 N–H and O–H groups in total. The number of carbonyl (C=O) groups is 16. The van der Waals surface area contributed by atoms with Crippen LogP contribution in [0.1, 0.15) is 256 Å². The van der Waals surface area contributed by atoms with E-state index in [0.717, 1.165) is 25.7 Å². The van der Waals surface area contributed by atoms with E-state index in [1.54, 1.807) is 48.5 Å². The SMILES string of the molecule is CCCCOc1ccc(C(=O)OC2CCC(C(=O)Oc3c4c(c(OC(=O)C5CCC(OC(=O)c6ccc(OCCCC)cc6)CC5)c5c3N(C)C(=C(C(=O)OC3CCC(C(=O)Oc6ccc(C(=O)OC)cc6)CC3)C(=O)OC3CCC(C(=O)Oc6ccc(C(=O)OC)cc6)CC3)S5)N(C)C(=C(C(=O)OC3CCC(C(=O)Oc5ccc(C(=O)OC)cc5)CC3)C(=O)OC3CCC(C(=O)Oc5ccc(C(=O)OC)cc5)CC3)S4)CC2)cc1. The van der Waals surface area contributed by atoms with E-state index in [4.69, 9.17) is 85.3 Å². The predicted molar refractivity (Wildman–Crippen MR) is 537 cm³/mol. The van der Waals surface area contributed by atoms with Crippen molar-refractivity contribution >= 4 is 130 Å². The molecule has 794 valence electrons. The third kappa shape index (κ3) is 27.6. The van der Waals surface area contributed by atoms with Crippen LogP contribution in [-0.4, -0.2) is 188 Å². The van der Waals surface area contributed by atoms with Crippen LogP contribution in [0.2, 0.25) is 0 Å². The first kappa shape index (κ1) is 110. The average molecular weight is 2100 g/mol. The summed E-state index contributed by atoms with van der Waals surface area (Å²) in [6, 6.07) is 36.3. The van der Waals surface area contributed by atoms with E-state index >= 15 is 28.8 Å². The average Bonchev–Trinajstić information content (AvgIpc) is 1.55. The summed E-state index contributed by atoms with van der Waals surface area (Å²) in [4.78, 5) is 231. The van der Waals surface area contributed by atoms with Gasteiger partial charge in [0.25, 0.3) is 0 Å². The lowest BCUT2D eigenvalue weighted by Gasteiger charge is -2.29. The maximum absolute atomic E-state index is 16.0. The molecule has 150 heavy (non-hydrogen) atoms. The Balaban J connectivity index is 0.799. The summed E-state index contributed by atoms with van der Waals surface area (Å²) >= 11 is 1.43. The number of nitrogens with zero attached hydrogens (tertiary/aromatic N) is 2. The normalized spacial score (nSPS) is 21.2. The molecule has 36 nitrogen and oxygen atoms in total. The molecule has 0 saturated heterocycles. The van der Waals surface area contributed by atoms with Gasteiger partial charge in [0.2, 0.25) is 0 Å². The third-order valence-corrected chi connectivity index (χ3v) is 30.5. The molecule has 0 unspecified atom stereocenters. The molecule has 0 aromatic heterocycles. The number of unbranched alkanes of at least 4 members (excludes halogenated alkanes) is 2. The van der Waals surface area contributed by atoms with Gasteiger partial charge in [0, 0.05) is 14.1 Å². The summed E-state index contributed by atoms with van der Waals surface area (Å²) in [7, 11) is 7.83. The molecule has 2 heterocycles. The minimum atomic E-state index is -1.22. The highest BCUT2D eigenvalue weighted by Gasteiger charge is 2.50. The standard InChI is InChI=1S/C112H120N2O34S2/c1-9-11-61-135-75-37-13-67(14-38-75)101(119)141-81-49-33-73(34-50-81)107(125)147-91-89-94(150-95(113(89)3)87(109(127)143-83-53-25-69(26-54-83)103(121)137-77-41-17-63(18-42-77)97(115)131-5)110(128)144-84-55-27-70(28-56-84)104(122)138-78-43-19-64(20-44-78)98(116)132-6)92(148-108(126)74-35-51-82(52-36-74)142-102(120)68-15-39-76(40-16-68)136-62-12-10-2)90-93(91)149-96(114(90)4)88(111(129)145-85-57-29-71(30-58-85)105(123)139-79-45-21-65(22-46-79)99(117)133-7)112(130)146-86-59-31-72(32-60-86)106(124)140-80-47-23-66(24-48-80)100(118)134-8/h13-24,37-48,69-74,81-86H,9-12,25-36,49-62H2,1-8H3. The fourth-order valence-electron chi connectivity index (χ4n) is 19.2. The van der Waals surface area contributed by atoms with Crippen LogP contribution in [0.4, 0.5) is 11.4 Å². The van der Waals surface area contributed by atoms with Crippen molar-refractivity contribution < 1.29 is 162 Å². The number of methoxy groups -OCH3 is 4. The van der Waals surface area contributed by atoms with Gasteiger partial charge in [-0.05, 0) is 313 Å². The minimum Gasteiger partial charge on any atom is -0.494 e. The predicted octanol–water partition coefficient (Wildman–Crippen LogP) is 18.2. The van der Waals surface area contributed by atoms with E-state index in [1.807, 2.05) is 13.8 Å². The van der Waals surface area contributed by atoms with Gasteiger partial charge in [-0.1, -0.05) is 50.2 Å². The fraction of sp³-hybridized carbons (Fsp3) is 0.446. The molecule has 15 rings (SSSR count). The van der Waals surface area contributed by atoms with Crippen LogP contribution in [0.3, 0.4) is 0 Å². The first-order chi connectivity index (χ1) is 72.4. The molecule has 38 heteroatoms. The van der Waals surface area contributed by atoms with Crippen molar-refractivity contribution in [3.8, 4) is 46.0 Å². The molecule has 0 spiro atoms. The number of fused-ring (bicyclic) bond motifs is 2. The number of hydrogen-bond donors (Lipinski definition) is 0. The Morgan fingerprint density at radius 3 is 0.653 bits per heavy atom. The van der Waals surface area contributed by atoms with Gasteiger partial charge in [-0.25, -0.2) is 47.9 Å². The Hall–Kier alpha value is -14.6. The smallest absolute Gasteiger partial charge is 0.348 e. The van der Waals surface area contributed by atoms with Gasteiger partial charge in [-0.3, -0.25) is 28.8 Å². The monoisotopic (exact) mass is 2100 g/mol. The Labute approximate surface area is 874 Å². The van der Waals surface area contributed by atoms with E-state index in [0.29, 0.717) is 48.2 Å². The second-order valence-electron chi connectivity index (χ2n) is 38.0. The van der Waals surface area contributed by atoms with E-state index in [2.05, 4.69) is 0 Å². The lowest BCUT2D eigenvalue weighted by Crippen LogP contribution is -2.34. The molecule has 8 aliphatic rings. The van der Waals surface area contributed by atoms with Crippen molar-refractivity contribution in [3.05, 3.63) is 200 Å². The largest absolute Gasteiger partial charge is 0.494 e. The molecule has 7 aromatic carbocycles. The number of rotatable bonds is 36. The Kier molecular flexibility index (Phi) is 37.7. The molecule has 6 fully saturated rings. The van der Waals surface area contributed by atoms with Crippen LogP contribution in [0.25, 0.3) is 0 Å². The quantitative estimate of drug-likeness (QED) is 0.00669. The molecule has 7 aromatic rings. The van der Waals surface area contributed by atoms with E-state index in [-0.39, 0.29) is 253 Å². The number of ether oxygens (including phenoxy) is 18. The molecule has 0 radical (unpaired) electrons. The van der Waals surface area contributed by atoms with Crippen molar-refractivity contribution in [2.75, 3.05) is 65.5 Å². The maximum atomic E-state index is 16.0. The fourth-order valence-corrected chi connectivity index (χ4v) is 21.7. The lowest BCUT2D eigenvalue weighted by atomic mass is 9.87. The van der Waals surface area contributed by atoms with E-state index < -0.39 is 179 Å². The summed E-state index contributed by atoms with van der Waals surface area (Å²) in [5.74, 6) is -16.1. The van der Waals surface area contributed by atoms with Crippen molar-refractivity contribution in [3.63, 3.8) is 0 Å². The summed E-state index contributed by atoms with van der Waals surface area (Å²) in [5.41, 5.74) is -0.229. The third-order valence-electron chi connectivity index (χ3n) is 28.0. The van der Waals surface area contributed by atoms with Crippen LogP contribution in [-0.2, 0) is 95.3 Å². The number of carbonyl (C=O) groups excluding carboxylic acids is 16. The highest BCUT2D eigenvalue weighted by atomic mass is 32.2. The van der Waals surface area contributed by atoms with Gasteiger partial charge in [0.15, 0.2) is 22.6 Å². The first-order valence-electron chi connectivity index (χ1n) is 50.8. The molecule has 0 bridgehead atoms. The van der Waals surface area contributed by atoms with Gasteiger partial charge in [-0.15, -0.1) is 0 Å². The van der Waals surface area contributed by atoms with Gasteiger partial charge < -0.3 is 95.1 Å². The van der Waals surface area contributed by atoms with Crippen LogP contribution < -0.4 is 47.7 Å². The van der Waals surface area contributed by atoms with Gasteiger partial charge in [0.05, 0.1) is 120 Å². The van der Waals surface area contributed by atoms with Crippen LogP contribution in [0, 0.1) is 35.5 Å². The zero-order chi connectivity index (χ0) is 106. The van der Waals surface area contributed by atoms with Gasteiger partial charge in [0.1, 0.15) is 92.6 Å². The summed E-state index contributed by atoms with van der Waals surface area (Å²) in [5, 5.41) is -0.450. The van der Waals surface area contributed by atoms with Crippen molar-refractivity contribution in [2.45, 2.75) is 240 Å². The molecule has 6 aliphatic carbocycles. The molecule has 0 amide bonds. The van der Waals surface area contributed by atoms with Crippen LogP contribution in [0.15, 0.2) is 177 Å². The van der Waals surface area contributed by atoms with Crippen LogP contribution >= 0.6 is 23.5 Å². The van der Waals surface area contributed by atoms with Crippen molar-refractivity contribution in [1.29, 1.82) is 0 Å². The molecule has 0 atom stereocenters. The Bertz CT molecular complexity index is 5600. The number of thioether (sulfide) groups is 2. The zero-order valence-electron chi connectivity index (χ0n) is 84.6. The minimum absolute atomic E-state index is 0.0745. The Morgan fingerprint density at radius 1 is 0.253 bits per heavy atom. The summed E-state index contributed by atoms with van der Waals surface area (Å²) in [6.07, 6.45) is 1.08. The van der Waals surface area contributed by atoms with Crippen LogP contribution in [0.5, 0.6) is 46.0 Å². The second-order valence-corrected chi connectivity index (χ2v) is 40.0. The number of anilines is 2. The number of hydrogen-bond acceptors (Lipinski definition) is 38. The molecule has 6 saturated carbocycles. The second kappa shape index (κ2) is 51.6. The van der Waals surface area contributed by atoms with Crippen molar-refractivity contribution in [1.82, 2.24) is 0 Å². The summed E-state index contributed by atoms with van der Waals surface area (Å²) in [6.45, 7) is 5.06. The highest BCUT2D eigenvalue weighted by Crippen LogP contribution is 2.67. The zero-order valence-corrected chi connectivity index (χ0v) is 86.2. The first-order valence-corrected chi connectivity index (χ1v) is 52.4. The topological polar surface area (TPSA) is 446 Å². The van der Waals surface area contributed by atoms with Gasteiger partial charge >= 0.3 is 95.5 Å². The molecule has 2 aliphatic heterocycles. The van der Waals surface area contributed by atoms with Crippen molar-refractivity contribution in [2.24, 2.45) is 35.5 Å². The number of esters is 16. The highest BCUT2D eigenvalue weighted by molar-refractivity contribution is 8.04.